The third-order valence-corrected chi connectivity index (χ3v) is 6.33. The molecule has 0 bridgehead atoms. The zero-order valence-electron chi connectivity index (χ0n) is 19.3. The Hall–Kier alpha value is -3.74. The maximum Gasteiger partial charge on any atom is 0.260 e. The minimum absolute atomic E-state index is 0.192. The van der Waals surface area contributed by atoms with E-state index >= 15 is 0 Å². The second kappa shape index (κ2) is 7.15. The molecule has 0 fully saturated rings. The Labute approximate surface area is 187 Å². The molecule has 3 aliphatic heterocycles. The standard InChI is InChI=1S/C25H25N3O4/c1-12(2)17-19(14(4)29)21(27(6)23(17)30)15-9-8-10-16(11-15)22-20-18(24(31)28(22)7)13(3)26(5)25(20)32/h8-11H,1-7H3. The molecule has 3 heterocycles. The first-order valence-electron chi connectivity index (χ1n) is 10.3. The van der Waals surface area contributed by atoms with Crippen LogP contribution in [0.4, 0.5) is 0 Å². The minimum Gasteiger partial charge on any atom is -0.315 e. The molecule has 0 unspecified atom stereocenters. The number of carbonyl (C=O) groups is 4. The molecule has 1 aromatic rings. The van der Waals surface area contributed by atoms with Crippen LogP contribution in [-0.2, 0) is 19.2 Å². The lowest BCUT2D eigenvalue weighted by molar-refractivity contribution is -0.123. The Morgan fingerprint density at radius 1 is 0.750 bits per heavy atom. The highest BCUT2D eigenvalue weighted by Gasteiger charge is 2.45. The number of hydrogen-bond acceptors (Lipinski definition) is 4. The van der Waals surface area contributed by atoms with E-state index < -0.39 is 0 Å². The number of carbonyl (C=O) groups excluding carboxylic acids is 4. The first-order valence-corrected chi connectivity index (χ1v) is 10.3. The summed E-state index contributed by atoms with van der Waals surface area (Å²) in [5, 5.41) is 0. The molecule has 7 heteroatoms. The second-order valence-electron chi connectivity index (χ2n) is 8.51. The molecule has 0 saturated carbocycles. The van der Waals surface area contributed by atoms with Gasteiger partial charge in [0.15, 0.2) is 5.78 Å². The Morgan fingerprint density at radius 3 is 1.84 bits per heavy atom. The summed E-state index contributed by atoms with van der Waals surface area (Å²) in [6, 6.07) is 7.28. The average molecular weight is 431 g/mol. The number of benzene rings is 1. The molecule has 0 aliphatic carbocycles. The molecule has 0 radical (unpaired) electrons. The monoisotopic (exact) mass is 431 g/mol. The Morgan fingerprint density at radius 2 is 1.28 bits per heavy atom. The number of amides is 3. The summed E-state index contributed by atoms with van der Waals surface area (Å²) in [4.78, 5) is 55.7. The van der Waals surface area contributed by atoms with Gasteiger partial charge in [-0.3, -0.25) is 19.2 Å². The van der Waals surface area contributed by atoms with Crippen LogP contribution in [0, 0.1) is 0 Å². The van der Waals surface area contributed by atoms with Gasteiger partial charge in [0.2, 0.25) is 0 Å². The fraction of sp³-hybridized carbons (Fsp3) is 0.280. The maximum absolute atomic E-state index is 12.9. The summed E-state index contributed by atoms with van der Waals surface area (Å²) in [6.07, 6.45) is 0. The molecule has 3 aliphatic rings. The first kappa shape index (κ1) is 21.5. The van der Waals surface area contributed by atoms with E-state index in [1.54, 1.807) is 34.1 Å². The van der Waals surface area contributed by atoms with E-state index in [4.69, 9.17) is 0 Å². The van der Waals surface area contributed by atoms with Gasteiger partial charge < -0.3 is 14.7 Å². The molecule has 0 spiro atoms. The van der Waals surface area contributed by atoms with Crippen LogP contribution in [0.15, 0.2) is 57.8 Å². The normalized spacial score (nSPS) is 18.8. The van der Waals surface area contributed by atoms with Crippen LogP contribution >= 0.6 is 0 Å². The van der Waals surface area contributed by atoms with Crippen molar-refractivity contribution in [3.63, 3.8) is 0 Å². The van der Waals surface area contributed by atoms with Gasteiger partial charge in [0.1, 0.15) is 0 Å². The van der Waals surface area contributed by atoms with E-state index in [9.17, 15) is 19.2 Å². The van der Waals surface area contributed by atoms with Gasteiger partial charge in [-0.2, -0.15) is 0 Å². The van der Waals surface area contributed by atoms with Gasteiger partial charge in [0, 0.05) is 26.8 Å². The van der Waals surface area contributed by atoms with Crippen LogP contribution in [0.3, 0.4) is 0 Å². The van der Waals surface area contributed by atoms with Gasteiger partial charge in [0.25, 0.3) is 17.7 Å². The van der Waals surface area contributed by atoms with Gasteiger partial charge in [-0.15, -0.1) is 0 Å². The number of allylic oxidation sites excluding steroid dienone is 2. The van der Waals surface area contributed by atoms with Gasteiger partial charge in [-0.25, -0.2) is 0 Å². The number of Topliss-reactive ketones (excluding diaryl/α,β-unsaturated/α-hetero) is 1. The number of ketones is 1. The molecular weight excluding hydrogens is 406 g/mol. The van der Waals surface area contributed by atoms with Crippen LogP contribution in [0.2, 0.25) is 0 Å². The zero-order chi connectivity index (χ0) is 23.6. The van der Waals surface area contributed by atoms with Crippen LogP contribution in [-0.4, -0.2) is 59.3 Å². The third kappa shape index (κ3) is 2.74. The van der Waals surface area contributed by atoms with E-state index in [1.807, 2.05) is 32.0 Å². The van der Waals surface area contributed by atoms with Crippen molar-refractivity contribution in [1.82, 2.24) is 14.7 Å². The molecule has 1 aromatic carbocycles. The predicted molar refractivity (Wildman–Crippen MR) is 120 cm³/mol. The molecule has 32 heavy (non-hydrogen) atoms. The van der Waals surface area contributed by atoms with Crippen LogP contribution in [0.25, 0.3) is 11.4 Å². The van der Waals surface area contributed by atoms with Crippen molar-refractivity contribution in [2.75, 3.05) is 21.1 Å². The van der Waals surface area contributed by atoms with E-state index in [0.29, 0.717) is 50.5 Å². The topological polar surface area (TPSA) is 78.0 Å². The Kier molecular flexibility index (Phi) is 4.80. The quantitative estimate of drug-likeness (QED) is 0.690. The summed E-state index contributed by atoms with van der Waals surface area (Å²) in [7, 11) is 4.95. The molecule has 0 N–H and O–H groups in total. The van der Waals surface area contributed by atoms with Crippen molar-refractivity contribution in [1.29, 1.82) is 0 Å². The maximum atomic E-state index is 12.9. The van der Waals surface area contributed by atoms with Crippen molar-refractivity contribution >= 4 is 34.9 Å². The lowest BCUT2D eigenvalue weighted by Crippen LogP contribution is -2.25. The number of nitrogens with zero attached hydrogens (tertiary/aromatic N) is 3. The Balaban J connectivity index is 1.96. The van der Waals surface area contributed by atoms with Crippen molar-refractivity contribution in [3.8, 4) is 0 Å². The summed E-state index contributed by atoms with van der Waals surface area (Å²) >= 11 is 0. The average Bonchev–Trinajstić information content (AvgIpc) is 3.25. The van der Waals surface area contributed by atoms with Crippen molar-refractivity contribution in [2.24, 2.45) is 0 Å². The van der Waals surface area contributed by atoms with Crippen LogP contribution in [0.1, 0.15) is 38.8 Å². The molecule has 0 saturated heterocycles. The highest BCUT2D eigenvalue weighted by molar-refractivity contribution is 6.25. The van der Waals surface area contributed by atoms with Crippen molar-refractivity contribution in [2.45, 2.75) is 27.7 Å². The van der Waals surface area contributed by atoms with Gasteiger partial charge >= 0.3 is 0 Å². The third-order valence-electron chi connectivity index (χ3n) is 6.33. The molecular formula is C25H25N3O4. The summed E-state index contributed by atoms with van der Waals surface area (Å²) in [5.74, 6) is -0.861. The lowest BCUT2D eigenvalue weighted by Gasteiger charge is -2.20. The Bertz CT molecular complexity index is 1270. The number of fused-ring (bicyclic) bond motifs is 1. The fourth-order valence-corrected chi connectivity index (χ4v) is 4.65. The number of likely N-dealkylation sites (N-methyl/N-ethyl adjacent to an activating group) is 3. The minimum atomic E-state index is -0.223. The smallest absolute Gasteiger partial charge is 0.260 e. The van der Waals surface area contributed by atoms with Gasteiger partial charge in [-0.1, -0.05) is 23.8 Å². The van der Waals surface area contributed by atoms with E-state index in [-0.39, 0.29) is 23.5 Å². The predicted octanol–water partition coefficient (Wildman–Crippen LogP) is 2.72. The SMILES string of the molecule is CC(=O)C1=C(c2cccc(C3=C4C(=O)N(C)C(C)=C4C(=O)N3C)c2)N(C)C(=O)C1=C(C)C. The van der Waals surface area contributed by atoms with E-state index in [1.165, 1.54) is 21.6 Å². The molecule has 0 aromatic heterocycles. The molecule has 3 amide bonds. The lowest BCUT2D eigenvalue weighted by atomic mass is 9.95. The first-order chi connectivity index (χ1) is 15.0. The summed E-state index contributed by atoms with van der Waals surface area (Å²) < 4.78 is 0. The highest BCUT2D eigenvalue weighted by Crippen LogP contribution is 2.43. The van der Waals surface area contributed by atoms with E-state index in [2.05, 4.69) is 0 Å². The second-order valence-corrected chi connectivity index (χ2v) is 8.51. The molecule has 7 nitrogen and oxygen atoms in total. The van der Waals surface area contributed by atoms with Crippen LogP contribution in [0.5, 0.6) is 0 Å². The van der Waals surface area contributed by atoms with Gasteiger partial charge in [-0.05, 0) is 44.9 Å². The zero-order valence-corrected chi connectivity index (χ0v) is 19.3. The van der Waals surface area contributed by atoms with Crippen molar-refractivity contribution in [3.05, 3.63) is 69.0 Å². The fourth-order valence-electron chi connectivity index (χ4n) is 4.65. The number of rotatable bonds is 3. The van der Waals surface area contributed by atoms with Gasteiger partial charge in [0.05, 0.1) is 33.7 Å². The van der Waals surface area contributed by atoms with Crippen LogP contribution < -0.4 is 0 Å². The van der Waals surface area contributed by atoms with E-state index in [0.717, 1.165) is 5.57 Å². The molecule has 0 atom stereocenters. The largest absolute Gasteiger partial charge is 0.315 e. The molecule has 164 valence electrons. The van der Waals surface area contributed by atoms with Crippen molar-refractivity contribution < 1.29 is 19.2 Å². The highest BCUT2D eigenvalue weighted by atomic mass is 16.2. The summed E-state index contributed by atoms with van der Waals surface area (Å²) in [6.45, 7) is 6.84. The summed E-state index contributed by atoms with van der Waals surface area (Å²) in [5.41, 5.74) is 5.40. The number of hydrogen-bond donors (Lipinski definition) is 0. The molecule has 4 rings (SSSR count).